The molecule has 2 fully saturated rings. The van der Waals surface area contributed by atoms with Gasteiger partial charge in [-0.2, -0.15) is 13.2 Å². The molecule has 2 atom stereocenters. The second-order valence-corrected chi connectivity index (χ2v) is 11.0. The van der Waals surface area contributed by atoms with Gasteiger partial charge in [-0.1, -0.05) is 41.4 Å². The Morgan fingerprint density at radius 1 is 1.10 bits per heavy atom. The Balaban J connectivity index is 1.53. The largest absolute Gasteiger partial charge is 0.448 e. The quantitative estimate of drug-likeness (QED) is 0.411. The Morgan fingerprint density at radius 3 is 2.44 bits per heavy atom. The smallest absolute Gasteiger partial charge is 0.418 e. The number of alkyl halides is 3. The Hall–Kier alpha value is -2.73. The summed E-state index contributed by atoms with van der Waals surface area (Å²) in [5.74, 6) is -0.311. The second-order valence-electron chi connectivity index (χ2n) is 10.1. The summed E-state index contributed by atoms with van der Waals surface area (Å²) >= 11 is 12.4. The SMILES string of the molecule is COCC(C)NCc1cccc(C(F)(F)F)c1N1CCN(C(=O)C(Cc2ccc(Cl)cc2Cl)N2CCOC2=O)CC1. The molecule has 2 aromatic rings. The standard InChI is InChI=1S/C28H33Cl2F3N4O4/c1-18(17-40-2)34-16-20-4-3-5-22(28(31,32)33)25(20)35-8-10-36(11-9-35)26(38)24(37-12-13-41-27(37)39)14-19-6-7-21(29)15-23(19)30/h3-7,15,18,24,34H,8-14,16-17H2,1-2H3. The minimum absolute atomic E-state index is 0.0554. The van der Waals surface area contributed by atoms with Gasteiger partial charge in [0.15, 0.2) is 0 Å². The third kappa shape index (κ3) is 7.57. The van der Waals surface area contributed by atoms with Crippen LogP contribution in [0.4, 0.5) is 23.7 Å². The molecule has 2 amide bonds. The highest BCUT2D eigenvalue weighted by atomic mass is 35.5. The Labute approximate surface area is 247 Å². The van der Waals surface area contributed by atoms with Gasteiger partial charge in [-0.25, -0.2) is 4.79 Å². The molecule has 0 spiro atoms. The number of methoxy groups -OCH3 is 1. The molecule has 2 heterocycles. The van der Waals surface area contributed by atoms with Crippen LogP contribution in [0.25, 0.3) is 0 Å². The Bertz CT molecular complexity index is 1240. The topological polar surface area (TPSA) is 74.3 Å². The minimum atomic E-state index is -4.55. The zero-order chi connectivity index (χ0) is 29.7. The molecule has 2 saturated heterocycles. The molecular weight excluding hydrogens is 584 g/mol. The van der Waals surface area contributed by atoms with E-state index < -0.39 is 23.9 Å². The molecule has 0 aliphatic carbocycles. The van der Waals surface area contributed by atoms with Crippen LogP contribution >= 0.6 is 23.2 Å². The number of benzene rings is 2. The van der Waals surface area contributed by atoms with Crippen LogP contribution in [0.3, 0.4) is 0 Å². The van der Waals surface area contributed by atoms with Crippen molar-refractivity contribution in [3.63, 3.8) is 0 Å². The first kappa shape index (κ1) is 31.2. The summed E-state index contributed by atoms with van der Waals surface area (Å²) in [6.45, 7) is 3.71. The molecule has 1 N–H and O–H groups in total. The fourth-order valence-corrected chi connectivity index (χ4v) is 5.69. The average molecular weight is 617 g/mol. The molecule has 0 aromatic heterocycles. The van der Waals surface area contributed by atoms with Crippen molar-refractivity contribution in [2.75, 3.05) is 57.9 Å². The number of nitrogens with one attached hydrogen (secondary N) is 1. The number of para-hydroxylation sites is 1. The number of nitrogens with zero attached hydrogens (tertiary/aromatic N) is 3. The van der Waals surface area contributed by atoms with Gasteiger partial charge in [-0.3, -0.25) is 9.69 Å². The molecule has 41 heavy (non-hydrogen) atoms. The van der Waals surface area contributed by atoms with Crippen LogP contribution in [0.5, 0.6) is 0 Å². The van der Waals surface area contributed by atoms with Crippen LogP contribution in [-0.2, 0) is 33.4 Å². The number of hydrogen-bond donors (Lipinski definition) is 1. The summed E-state index contributed by atoms with van der Waals surface area (Å²) in [6.07, 6.45) is -4.99. The molecule has 2 aliphatic rings. The van der Waals surface area contributed by atoms with Gasteiger partial charge in [0.25, 0.3) is 0 Å². The summed E-state index contributed by atoms with van der Waals surface area (Å²) < 4.78 is 52.5. The maximum absolute atomic E-state index is 14.1. The lowest BCUT2D eigenvalue weighted by Gasteiger charge is -2.40. The number of carbonyl (C=O) groups excluding carboxylic acids is 2. The van der Waals surface area contributed by atoms with Crippen molar-refractivity contribution in [2.45, 2.75) is 38.1 Å². The van der Waals surface area contributed by atoms with Crippen molar-refractivity contribution in [3.05, 3.63) is 63.1 Å². The lowest BCUT2D eigenvalue weighted by Crippen LogP contribution is -2.56. The van der Waals surface area contributed by atoms with Crippen molar-refractivity contribution in [2.24, 2.45) is 0 Å². The normalized spacial score (nSPS) is 17.5. The highest BCUT2D eigenvalue weighted by molar-refractivity contribution is 6.35. The molecule has 4 rings (SSSR count). The Morgan fingerprint density at radius 2 is 1.83 bits per heavy atom. The number of ether oxygens (including phenoxy) is 2. The molecule has 2 aromatic carbocycles. The number of cyclic esters (lactones) is 1. The van der Waals surface area contributed by atoms with Gasteiger partial charge in [0.1, 0.15) is 12.6 Å². The number of rotatable bonds is 10. The minimum Gasteiger partial charge on any atom is -0.448 e. The predicted octanol–water partition coefficient (Wildman–Crippen LogP) is 4.85. The second kappa shape index (κ2) is 13.5. The van der Waals surface area contributed by atoms with Gasteiger partial charge in [-0.15, -0.1) is 0 Å². The van der Waals surface area contributed by atoms with Gasteiger partial charge in [0.2, 0.25) is 5.91 Å². The van der Waals surface area contributed by atoms with E-state index in [0.29, 0.717) is 27.8 Å². The van der Waals surface area contributed by atoms with Crippen molar-refractivity contribution in [3.8, 4) is 0 Å². The number of hydrogen-bond acceptors (Lipinski definition) is 6. The van der Waals surface area contributed by atoms with Crippen LogP contribution in [0.1, 0.15) is 23.6 Å². The summed E-state index contributed by atoms with van der Waals surface area (Å²) in [6, 6.07) is 8.18. The number of halogens is 5. The van der Waals surface area contributed by atoms with Gasteiger partial charge < -0.3 is 24.6 Å². The zero-order valence-electron chi connectivity index (χ0n) is 22.8. The van der Waals surface area contributed by atoms with E-state index in [1.807, 2.05) is 6.92 Å². The first-order valence-electron chi connectivity index (χ1n) is 13.3. The molecule has 0 radical (unpaired) electrons. The highest BCUT2D eigenvalue weighted by Gasteiger charge is 2.40. The first-order chi connectivity index (χ1) is 19.5. The van der Waals surface area contributed by atoms with E-state index in [1.54, 1.807) is 41.2 Å². The number of carbonyl (C=O) groups is 2. The highest BCUT2D eigenvalue weighted by Crippen LogP contribution is 2.39. The van der Waals surface area contributed by atoms with Crippen LogP contribution in [0.2, 0.25) is 10.0 Å². The van der Waals surface area contributed by atoms with Crippen molar-refractivity contribution in [1.82, 2.24) is 15.1 Å². The summed E-state index contributed by atoms with van der Waals surface area (Å²) in [5, 5.41) is 4.03. The first-order valence-corrected chi connectivity index (χ1v) is 14.1. The van der Waals surface area contributed by atoms with Crippen molar-refractivity contribution < 1.29 is 32.2 Å². The average Bonchev–Trinajstić information content (AvgIpc) is 3.36. The molecule has 0 saturated carbocycles. The third-order valence-electron chi connectivity index (χ3n) is 7.27. The third-order valence-corrected chi connectivity index (χ3v) is 7.86. The Kier molecular flexibility index (Phi) is 10.3. The van der Waals surface area contributed by atoms with Gasteiger partial charge in [0, 0.05) is 62.3 Å². The molecule has 8 nitrogen and oxygen atoms in total. The van der Waals surface area contributed by atoms with E-state index in [2.05, 4.69) is 5.32 Å². The molecule has 2 unspecified atom stereocenters. The maximum Gasteiger partial charge on any atom is 0.418 e. The van der Waals surface area contributed by atoms with Crippen molar-refractivity contribution >= 4 is 40.9 Å². The summed E-state index contributed by atoms with van der Waals surface area (Å²) in [5.41, 5.74) is 0.548. The van der Waals surface area contributed by atoms with E-state index in [-0.39, 0.29) is 69.9 Å². The van der Waals surface area contributed by atoms with E-state index in [4.69, 9.17) is 32.7 Å². The van der Waals surface area contributed by atoms with Gasteiger partial charge in [0.05, 0.1) is 24.4 Å². The number of piperazine rings is 1. The summed E-state index contributed by atoms with van der Waals surface area (Å²) in [7, 11) is 1.57. The van der Waals surface area contributed by atoms with Gasteiger partial charge in [-0.05, 0) is 36.2 Å². The van der Waals surface area contributed by atoms with Crippen LogP contribution in [0.15, 0.2) is 36.4 Å². The predicted molar refractivity (Wildman–Crippen MR) is 150 cm³/mol. The fourth-order valence-electron chi connectivity index (χ4n) is 5.21. The van der Waals surface area contributed by atoms with Crippen LogP contribution in [0, 0.1) is 0 Å². The zero-order valence-corrected chi connectivity index (χ0v) is 24.4. The van der Waals surface area contributed by atoms with Gasteiger partial charge >= 0.3 is 12.3 Å². The summed E-state index contributed by atoms with van der Waals surface area (Å²) in [4.78, 5) is 30.9. The molecule has 2 aliphatic heterocycles. The fraction of sp³-hybridized carbons (Fsp3) is 0.500. The monoisotopic (exact) mass is 616 g/mol. The van der Waals surface area contributed by atoms with Crippen LogP contribution < -0.4 is 10.2 Å². The number of anilines is 1. The van der Waals surface area contributed by atoms with E-state index in [9.17, 15) is 22.8 Å². The molecular formula is C28H33Cl2F3N4O4. The molecule has 13 heteroatoms. The molecule has 224 valence electrons. The van der Waals surface area contributed by atoms with E-state index in [1.165, 1.54) is 11.0 Å². The van der Waals surface area contributed by atoms with Crippen LogP contribution in [-0.4, -0.2) is 86.9 Å². The number of amides is 2. The van der Waals surface area contributed by atoms with E-state index in [0.717, 1.165) is 6.07 Å². The lowest BCUT2D eigenvalue weighted by molar-refractivity contribution is -0.138. The molecule has 0 bridgehead atoms. The lowest BCUT2D eigenvalue weighted by atomic mass is 10.0. The van der Waals surface area contributed by atoms with E-state index >= 15 is 0 Å². The van der Waals surface area contributed by atoms with Crippen molar-refractivity contribution in [1.29, 1.82) is 0 Å². The maximum atomic E-state index is 14.1.